The molecule has 0 spiro atoms. The molecule has 8 heteroatoms. The molecule has 1 saturated heterocycles. The van der Waals surface area contributed by atoms with Crippen LogP contribution in [0.1, 0.15) is 28.9 Å². The Morgan fingerprint density at radius 1 is 1.03 bits per heavy atom. The Balaban J connectivity index is 1.52. The Bertz CT molecular complexity index is 951. The topological polar surface area (TPSA) is 86.1 Å². The van der Waals surface area contributed by atoms with Crippen molar-refractivity contribution in [3.05, 3.63) is 64.9 Å². The standard InChI is InChI=1S/C21H21ClN4O3/c22-16-5-3-4-15(14-16)19(27)26-12-10-25(11-13-26)18(17-6-1-2-9-23-17)24-21(7-8-21)20(28)29/h1-6,9,14H,7-8,10-13H2,(H,28,29)/b24-18+. The zero-order valence-corrected chi connectivity index (χ0v) is 16.5. The quantitative estimate of drug-likeness (QED) is 0.616. The first-order chi connectivity index (χ1) is 14.0. The van der Waals surface area contributed by atoms with Crippen molar-refractivity contribution < 1.29 is 14.7 Å². The van der Waals surface area contributed by atoms with Crippen LogP contribution in [0.4, 0.5) is 0 Å². The summed E-state index contributed by atoms with van der Waals surface area (Å²) in [4.78, 5) is 37.2. The fourth-order valence-electron chi connectivity index (χ4n) is 3.41. The molecular weight excluding hydrogens is 392 g/mol. The largest absolute Gasteiger partial charge is 0.479 e. The van der Waals surface area contributed by atoms with Gasteiger partial charge in [-0.15, -0.1) is 0 Å². The summed E-state index contributed by atoms with van der Waals surface area (Å²) >= 11 is 6.00. The number of carbonyl (C=O) groups is 2. The summed E-state index contributed by atoms with van der Waals surface area (Å²) in [5.41, 5.74) is 0.169. The number of piperazine rings is 1. The summed E-state index contributed by atoms with van der Waals surface area (Å²) in [5, 5.41) is 10.1. The number of carboxylic acids is 1. The number of hydrogen-bond acceptors (Lipinski definition) is 4. The van der Waals surface area contributed by atoms with E-state index in [9.17, 15) is 14.7 Å². The number of rotatable bonds is 4. The Labute approximate surface area is 173 Å². The lowest BCUT2D eigenvalue weighted by atomic mass is 10.1. The summed E-state index contributed by atoms with van der Waals surface area (Å²) in [6, 6.07) is 12.4. The first-order valence-electron chi connectivity index (χ1n) is 9.53. The van der Waals surface area contributed by atoms with Crippen molar-refractivity contribution in [3.8, 4) is 0 Å². The fraction of sp³-hybridized carbons (Fsp3) is 0.333. The van der Waals surface area contributed by atoms with E-state index in [0.717, 1.165) is 0 Å². The number of hydrogen-bond donors (Lipinski definition) is 1. The van der Waals surface area contributed by atoms with Crippen molar-refractivity contribution in [3.63, 3.8) is 0 Å². The minimum atomic E-state index is -1.04. The van der Waals surface area contributed by atoms with Crippen LogP contribution in [-0.4, -0.2) is 69.3 Å². The van der Waals surface area contributed by atoms with Gasteiger partial charge in [-0.2, -0.15) is 0 Å². The number of aliphatic imine (C=N–C) groups is 1. The maximum atomic E-state index is 12.8. The second-order valence-corrected chi connectivity index (χ2v) is 7.71. The minimum Gasteiger partial charge on any atom is -0.479 e. The molecule has 2 fully saturated rings. The SMILES string of the molecule is O=C(c1cccc(Cl)c1)N1CCN(/C(=N/C2(C(=O)O)CC2)c2ccccn2)CC1. The molecule has 0 atom stereocenters. The average molecular weight is 413 g/mol. The number of pyridine rings is 1. The van der Waals surface area contributed by atoms with Crippen molar-refractivity contribution in [2.45, 2.75) is 18.4 Å². The van der Waals surface area contributed by atoms with E-state index < -0.39 is 11.5 Å². The number of nitrogens with zero attached hydrogens (tertiary/aromatic N) is 4. The molecular formula is C21H21ClN4O3. The van der Waals surface area contributed by atoms with Gasteiger partial charge in [-0.25, -0.2) is 9.79 Å². The molecule has 150 valence electrons. The van der Waals surface area contributed by atoms with Crippen LogP contribution in [0, 0.1) is 0 Å². The van der Waals surface area contributed by atoms with Crippen molar-refractivity contribution >= 4 is 29.3 Å². The molecule has 0 unspecified atom stereocenters. The Morgan fingerprint density at radius 3 is 2.34 bits per heavy atom. The molecule has 2 heterocycles. The van der Waals surface area contributed by atoms with E-state index in [1.807, 2.05) is 23.1 Å². The second kappa shape index (κ2) is 7.83. The van der Waals surface area contributed by atoms with Crippen LogP contribution in [0.15, 0.2) is 53.7 Å². The van der Waals surface area contributed by atoms with Crippen LogP contribution in [0.3, 0.4) is 0 Å². The smallest absolute Gasteiger partial charge is 0.331 e. The van der Waals surface area contributed by atoms with E-state index in [4.69, 9.17) is 11.6 Å². The molecule has 1 aromatic heterocycles. The van der Waals surface area contributed by atoms with Gasteiger partial charge in [0.05, 0.1) is 0 Å². The highest BCUT2D eigenvalue weighted by Crippen LogP contribution is 2.40. The summed E-state index contributed by atoms with van der Waals surface area (Å²) < 4.78 is 0. The van der Waals surface area contributed by atoms with Gasteiger partial charge in [-0.05, 0) is 43.2 Å². The van der Waals surface area contributed by atoms with E-state index in [1.165, 1.54) is 0 Å². The number of benzene rings is 1. The zero-order valence-electron chi connectivity index (χ0n) is 15.8. The molecule has 29 heavy (non-hydrogen) atoms. The number of carbonyl (C=O) groups excluding carboxylic acids is 1. The summed E-state index contributed by atoms with van der Waals surface area (Å²) in [6.45, 7) is 2.13. The molecule has 1 aromatic carbocycles. The molecule has 1 N–H and O–H groups in total. The van der Waals surface area contributed by atoms with Crippen molar-refractivity contribution in [1.29, 1.82) is 0 Å². The van der Waals surface area contributed by atoms with Crippen molar-refractivity contribution in [2.24, 2.45) is 4.99 Å². The molecule has 4 rings (SSSR count). The van der Waals surface area contributed by atoms with Gasteiger partial charge >= 0.3 is 5.97 Å². The van der Waals surface area contributed by atoms with Crippen LogP contribution >= 0.6 is 11.6 Å². The Morgan fingerprint density at radius 2 is 1.76 bits per heavy atom. The summed E-state index contributed by atoms with van der Waals surface area (Å²) in [6.07, 6.45) is 2.74. The van der Waals surface area contributed by atoms with Crippen molar-refractivity contribution in [1.82, 2.24) is 14.8 Å². The van der Waals surface area contributed by atoms with Crippen LogP contribution < -0.4 is 0 Å². The highest BCUT2D eigenvalue weighted by molar-refractivity contribution is 6.30. The van der Waals surface area contributed by atoms with Crippen molar-refractivity contribution in [2.75, 3.05) is 26.2 Å². The summed E-state index contributed by atoms with van der Waals surface area (Å²) in [5.74, 6) is -0.381. The fourth-order valence-corrected chi connectivity index (χ4v) is 3.60. The monoisotopic (exact) mass is 412 g/mol. The van der Waals surface area contributed by atoms with E-state index >= 15 is 0 Å². The molecule has 2 aliphatic rings. The van der Waals surface area contributed by atoms with E-state index in [2.05, 4.69) is 9.98 Å². The average Bonchev–Trinajstić information content (AvgIpc) is 3.54. The third-order valence-electron chi connectivity index (χ3n) is 5.27. The van der Waals surface area contributed by atoms with Gasteiger partial charge in [0.1, 0.15) is 5.69 Å². The van der Waals surface area contributed by atoms with E-state index in [0.29, 0.717) is 61.1 Å². The molecule has 2 aromatic rings. The number of amidine groups is 1. The van der Waals surface area contributed by atoms with Gasteiger partial charge in [0, 0.05) is 43.0 Å². The number of aliphatic carboxylic acids is 1. The third-order valence-corrected chi connectivity index (χ3v) is 5.51. The molecule has 0 bridgehead atoms. The normalized spacial score (nSPS) is 18.4. The Kier molecular flexibility index (Phi) is 5.24. The van der Waals surface area contributed by atoms with E-state index in [-0.39, 0.29) is 5.91 Å². The van der Waals surface area contributed by atoms with Gasteiger partial charge in [0.15, 0.2) is 11.4 Å². The lowest BCUT2D eigenvalue weighted by Crippen LogP contribution is -2.51. The second-order valence-electron chi connectivity index (χ2n) is 7.28. The molecule has 1 amide bonds. The van der Waals surface area contributed by atoms with Crippen LogP contribution in [-0.2, 0) is 4.79 Å². The van der Waals surface area contributed by atoms with Gasteiger partial charge in [-0.3, -0.25) is 9.78 Å². The van der Waals surface area contributed by atoms with Crippen LogP contribution in [0.25, 0.3) is 0 Å². The highest BCUT2D eigenvalue weighted by atomic mass is 35.5. The van der Waals surface area contributed by atoms with Gasteiger partial charge in [-0.1, -0.05) is 23.7 Å². The molecule has 1 aliphatic carbocycles. The molecule has 1 saturated carbocycles. The molecule has 1 aliphatic heterocycles. The third kappa shape index (κ3) is 4.10. The van der Waals surface area contributed by atoms with Crippen LogP contribution in [0.2, 0.25) is 5.02 Å². The molecule has 0 radical (unpaired) electrons. The first kappa shape index (κ1) is 19.4. The lowest BCUT2D eigenvalue weighted by Gasteiger charge is -2.36. The Hall–Kier alpha value is -2.93. The highest BCUT2D eigenvalue weighted by Gasteiger charge is 2.51. The minimum absolute atomic E-state index is 0.0623. The number of amides is 1. The number of aromatic nitrogens is 1. The van der Waals surface area contributed by atoms with E-state index in [1.54, 1.807) is 35.4 Å². The maximum absolute atomic E-state index is 12.8. The number of halogens is 1. The molecule has 7 nitrogen and oxygen atoms in total. The first-order valence-corrected chi connectivity index (χ1v) is 9.91. The summed E-state index contributed by atoms with van der Waals surface area (Å²) in [7, 11) is 0. The lowest BCUT2D eigenvalue weighted by molar-refractivity contribution is -0.139. The predicted octanol–water partition coefficient (Wildman–Crippen LogP) is 2.56. The number of carboxylic acid groups (broad SMARTS) is 1. The zero-order chi connectivity index (χ0) is 20.4. The predicted molar refractivity (Wildman–Crippen MR) is 109 cm³/mol. The van der Waals surface area contributed by atoms with Gasteiger partial charge in [0.2, 0.25) is 0 Å². The van der Waals surface area contributed by atoms with Crippen LogP contribution in [0.5, 0.6) is 0 Å². The van der Waals surface area contributed by atoms with Gasteiger partial charge in [0.25, 0.3) is 5.91 Å². The maximum Gasteiger partial charge on any atom is 0.331 e. The van der Waals surface area contributed by atoms with Gasteiger partial charge < -0.3 is 14.9 Å².